The monoisotopic (exact) mass is 1040 g/mol. The molecule has 12 aromatic rings. The number of nitriles is 9. The van der Waals surface area contributed by atoms with Crippen LogP contribution in [0.1, 0.15) is 61.7 Å². The van der Waals surface area contributed by atoms with Gasteiger partial charge in [0.25, 0.3) is 0 Å². The summed E-state index contributed by atoms with van der Waals surface area (Å²) in [5.74, 6) is 1.21. The Labute approximate surface area is 468 Å². The van der Waals surface area contributed by atoms with Gasteiger partial charge in [0.2, 0.25) is 0 Å². The summed E-state index contributed by atoms with van der Waals surface area (Å²) in [6.45, 7) is 3.54. The Morgan fingerprint density at radius 1 is 0.293 bits per heavy atom. The average molecular weight is 1050 g/mol. The van der Waals surface area contributed by atoms with E-state index in [0.29, 0.717) is 123 Å². The molecule has 82 heavy (non-hydrogen) atoms. The zero-order valence-corrected chi connectivity index (χ0v) is 43.3. The van der Waals surface area contributed by atoms with Crippen molar-refractivity contribution < 1.29 is 0 Å². The third-order valence-corrected chi connectivity index (χ3v) is 14.7. The minimum absolute atomic E-state index is 0.190. The molecule has 14 heteroatoms. The summed E-state index contributed by atoms with van der Waals surface area (Å²) in [6, 6.07) is 66.8. The lowest BCUT2D eigenvalue weighted by Crippen LogP contribution is -2.07. The van der Waals surface area contributed by atoms with Gasteiger partial charge in [-0.2, -0.15) is 47.4 Å². The molecule has 0 saturated heterocycles. The highest BCUT2D eigenvalue weighted by atomic mass is 15.0. The molecule has 0 N–H and O–H groups in total. The molecule has 0 aliphatic rings. The van der Waals surface area contributed by atoms with E-state index < -0.39 is 0 Å². The molecule has 0 radical (unpaired) electrons. The van der Waals surface area contributed by atoms with Crippen LogP contribution >= 0.6 is 0 Å². The Kier molecular flexibility index (Phi) is 12.1. The van der Waals surface area contributed by atoms with Gasteiger partial charge < -0.3 is 9.13 Å². The van der Waals surface area contributed by atoms with Crippen LogP contribution in [-0.2, 0) is 0 Å². The molecular formula is C68H32N14. The molecule has 0 aliphatic heterocycles. The van der Waals surface area contributed by atoms with Gasteiger partial charge in [-0.1, -0.05) is 72.8 Å². The third kappa shape index (κ3) is 8.17. The molecule has 374 valence electrons. The van der Waals surface area contributed by atoms with Crippen molar-refractivity contribution in [2.45, 2.75) is 13.8 Å². The van der Waals surface area contributed by atoms with Crippen molar-refractivity contribution in [3.8, 4) is 122 Å². The van der Waals surface area contributed by atoms with Crippen molar-refractivity contribution in [1.82, 2.24) is 24.1 Å². The lowest BCUT2D eigenvalue weighted by atomic mass is 9.96. The maximum absolute atomic E-state index is 12.1. The second kappa shape index (κ2) is 19.9. The predicted octanol–water partition coefficient (Wildman–Crippen LogP) is 13.9. The Bertz CT molecular complexity index is 4680. The van der Waals surface area contributed by atoms with Gasteiger partial charge in [-0.05, 0) is 143 Å². The maximum atomic E-state index is 12.1. The molecule has 9 aromatic carbocycles. The molecule has 3 aromatic heterocycles. The van der Waals surface area contributed by atoms with Crippen molar-refractivity contribution in [3.63, 3.8) is 0 Å². The fourth-order valence-electron chi connectivity index (χ4n) is 11.0. The van der Waals surface area contributed by atoms with Crippen LogP contribution in [0.3, 0.4) is 0 Å². The molecule has 0 aliphatic carbocycles. The molecule has 0 saturated carbocycles. The number of aromatic nitrogens is 5. The fraction of sp³-hybridized carbons (Fsp3) is 0.0294. The summed E-state index contributed by atoms with van der Waals surface area (Å²) >= 11 is 0. The van der Waals surface area contributed by atoms with Gasteiger partial charge in [0.15, 0.2) is 5.82 Å². The molecule has 3 heterocycles. The smallest absolute Gasteiger partial charge is 0.163 e. The highest BCUT2D eigenvalue weighted by molar-refractivity contribution is 6.13. The van der Waals surface area contributed by atoms with Crippen molar-refractivity contribution >= 4 is 43.6 Å². The van der Waals surface area contributed by atoms with E-state index in [9.17, 15) is 47.4 Å². The molecule has 12 rings (SSSR count). The highest BCUT2D eigenvalue weighted by Gasteiger charge is 2.26. The van der Waals surface area contributed by atoms with Crippen LogP contribution in [0.25, 0.3) is 111 Å². The highest BCUT2D eigenvalue weighted by Crippen LogP contribution is 2.44. The average Bonchev–Trinajstić information content (AvgIpc) is 2.56. The van der Waals surface area contributed by atoms with Gasteiger partial charge in [-0.25, -0.2) is 15.0 Å². The number of fused-ring (bicyclic) bond motifs is 6. The summed E-state index contributed by atoms with van der Waals surface area (Å²) in [6.07, 6.45) is 0. The first kappa shape index (κ1) is 49.9. The van der Waals surface area contributed by atoms with Gasteiger partial charge in [0.05, 0.1) is 127 Å². The van der Waals surface area contributed by atoms with Crippen LogP contribution in [-0.4, -0.2) is 24.1 Å². The zero-order valence-electron chi connectivity index (χ0n) is 43.3. The van der Waals surface area contributed by atoms with Crippen molar-refractivity contribution in [2.75, 3.05) is 0 Å². The second-order valence-electron chi connectivity index (χ2n) is 19.3. The maximum Gasteiger partial charge on any atom is 0.163 e. The van der Waals surface area contributed by atoms with E-state index in [1.54, 1.807) is 86.6 Å². The third-order valence-electron chi connectivity index (χ3n) is 14.7. The SMILES string of the molecule is Cc1nc(C)nc(-c2cc(-n3c4cc(-c5ccc(C#N)cc5C#N)ccc4c4ccc(-c5ccc(C#N)cc5C#N)cc43)c(C#N)c(-n3c4cc(-c5ccc(C#N)cc5C#N)ccc4c4ccc(-c5ccc(C#N)cc5C#N)cc43)c2)n1. The summed E-state index contributed by atoms with van der Waals surface area (Å²) in [4.78, 5) is 14.2. The van der Waals surface area contributed by atoms with Crippen LogP contribution in [0.2, 0.25) is 0 Å². The van der Waals surface area contributed by atoms with E-state index in [-0.39, 0.29) is 27.8 Å². The summed E-state index contributed by atoms with van der Waals surface area (Å²) in [7, 11) is 0. The van der Waals surface area contributed by atoms with E-state index in [1.807, 2.05) is 94.1 Å². The largest absolute Gasteiger partial charge is 0.308 e. The van der Waals surface area contributed by atoms with E-state index in [0.717, 1.165) is 21.5 Å². The van der Waals surface area contributed by atoms with Gasteiger partial charge in [0.1, 0.15) is 23.3 Å². The molecule has 0 fully saturated rings. The summed E-state index contributed by atoms with van der Waals surface area (Å²) in [5, 5.41) is 96.1. The summed E-state index contributed by atoms with van der Waals surface area (Å²) < 4.78 is 3.96. The van der Waals surface area contributed by atoms with Crippen molar-refractivity contribution in [2.24, 2.45) is 0 Å². The first-order chi connectivity index (χ1) is 40.0. The molecule has 0 atom stereocenters. The minimum atomic E-state index is 0.190. The zero-order chi connectivity index (χ0) is 56.9. The quantitative estimate of drug-likeness (QED) is 0.144. The number of rotatable bonds is 7. The van der Waals surface area contributed by atoms with E-state index in [2.05, 4.69) is 59.6 Å². The molecule has 0 unspecified atom stereocenters. The topological polar surface area (TPSA) is 263 Å². The standard InChI is InChI=1S/C68H32N14/c1-38-78-39(2)80-68(79-38)48-27-66(81-62-23-44(53-11-3-40(29-69)19-49(53)33-73)7-15-57(62)58-16-8-45(24-63(58)81)54-12-4-41(30-70)20-50(54)34-74)61(37-77)67(28-48)82-64-25-46(55-13-5-42(31-71)21-51(55)35-75)9-17-59(64)60-18-10-47(26-65(60)82)56-14-6-43(32-72)22-52(56)36-76/h3-28H,1-2H3. The van der Waals surface area contributed by atoms with E-state index >= 15 is 0 Å². The Morgan fingerprint density at radius 2 is 0.585 bits per heavy atom. The van der Waals surface area contributed by atoms with E-state index in [4.69, 9.17) is 9.97 Å². The van der Waals surface area contributed by atoms with E-state index in [1.165, 1.54) is 0 Å². The summed E-state index contributed by atoms with van der Waals surface area (Å²) in [5.41, 5.74) is 11.3. The van der Waals surface area contributed by atoms with Crippen molar-refractivity contribution in [1.29, 1.82) is 47.4 Å². The van der Waals surface area contributed by atoms with Crippen LogP contribution in [0.5, 0.6) is 0 Å². The van der Waals surface area contributed by atoms with Gasteiger partial charge in [0, 0.05) is 27.1 Å². The number of aryl methyl sites for hydroxylation is 2. The molecule has 0 spiro atoms. The lowest BCUT2D eigenvalue weighted by molar-refractivity contribution is 0.927. The minimum Gasteiger partial charge on any atom is -0.308 e. The predicted molar refractivity (Wildman–Crippen MR) is 308 cm³/mol. The van der Waals surface area contributed by atoms with Crippen LogP contribution in [0, 0.1) is 116 Å². The Hall–Kier alpha value is -13.0. The molecular weight excluding hydrogens is 1010 g/mol. The first-order valence-electron chi connectivity index (χ1n) is 25.3. The Balaban J connectivity index is 1.25. The number of hydrogen-bond acceptors (Lipinski definition) is 12. The van der Waals surface area contributed by atoms with Crippen molar-refractivity contribution in [3.05, 3.63) is 219 Å². The molecule has 14 nitrogen and oxygen atoms in total. The van der Waals surface area contributed by atoms with Crippen LogP contribution < -0.4 is 0 Å². The van der Waals surface area contributed by atoms with Gasteiger partial charge in [-0.3, -0.25) is 0 Å². The Morgan fingerprint density at radius 3 is 0.841 bits per heavy atom. The number of nitrogens with zero attached hydrogens (tertiary/aromatic N) is 14. The van der Waals surface area contributed by atoms with Gasteiger partial charge in [-0.15, -0.1) is 0 Å². The molecule has 0 bridgehead atoms. The van der Waals surface area contributed by atoms with Crippen LogP contribution in [0.15, 0.2) is 158 Å². The van der Waals surface area contributed by atoms with Crippen LogP contribution in [0.4, 0.5) is 0 Å². The number of hydrogen-bond donors (Lipinski definition) is 0. The van der Waals surface area contributed by atoms with Gasteiger partial charge >= 0.3 is 0 Å². The molecule has 0 amide bonds. The first-order valence-corrected chi connectivity index (χ1v) is 25.3. The fourth-order valence-corrected chi connectivity index (χ4v) is 11.0. The number of benzene rings is 9. The normalized spacial score (nSPS) is 10.7. The lowest BCUT2D eigenvalue weighted by Gasteiger charge is -2.19. The second-order valence-corrected chi connectivity index (χ2v) is 19.3.